The molecule has 19 heavy (non-hydrogen) atoms. The second kappa shape index (κ2) is 5.63. The van der Waals surface area contributed by atoms with Crippen molar-refractivity contribution in [3.05, 3.63) is 56.4 Å². The highest BCUT2D eigenvalue weighted by Crippen LogP contribution is 2.23. The van der Waals surface area contributed by atoms with E-state index >= 15 is 0 Å². The lowest BCUT2D eigenvalue weighted by atomic mass is 10.2. The predicted octanol–water partition coefficient (Wildman–Crippen LogP) is 2.72. The van der Waals surface area contributed by atoms with Gasteiger partial charge in [-0.1, -0.05) is 41.4 Å². The van der Waals surface area contributed by atoms with Gasteiger partial charge in [-0.15, -0.1) is 0 Å². The number of rotatable bonds is 3. The first-order valence-corrected chi connectivity index (χ1v) is 6.42. The van der Waals surface area contributed by atoms with Gasteiger partial charge in [0.2, 0.25) is 0 Å². The first-order valence-electron chi connectivity index (χ1n) is 5.67. The van der Waals surface area contributed by atoms with Crippen LogP contribution in [0.2, 0.25) is 10.0 Å². The number of anilines is 1. The molecule has 0 spiro atoms. The molecule has 0 radical (unpaired) electrons. The molecule has 0 aliphatic rings. The van der Waals surface area contributed by atoms with Gasteiger partial charge in [0, 0.05) is 25.7 Å². The highest BCUT2D eigenvalue weighted by molar-refractivity contribution is 6.33. The molecule has 1 heterocycles. The van der Waals surface area contributed by atoms with Crippen molar-refractivity contribution in [2.45, 2.75) is 6.54 Å². The average Bonchev–Trinajstić information content (AvgIpc) is 2.39. The van der Waals surface area contributed by atoms with Crippen LogP contribution in [-0.4, -0.2) is 16.8 Å². The number of aromatic nitrogens is 2. The Balaban J connectivity index is 2.31. The van der Waals surface area contributed by atoms with Gasteiger partial charge in [-0.25, -0.2) is 4.68 Å². The van der Waals surface area contributed by atoms with Crippen LogP contribution in [0.25, 0.3) is 0 Å². The summed E-state index contributed by atoms with van der Waals surface area (Å²) in [5.74, 6) is 0. The van der Waals surface area contributed by atoms with Crippen molar-refractivity contribution in [1.29, 1.82) is 0 Å². The minimum Gasteiger partial charge on any atom is -0.368 e. The van der Waals surface area contributed by atoms with Crippen LogP contribution in [0.1, 0.15) is 5.56 Å². The van der Waals surface area contributed by atoms with Gasteiger partial charge in [0.05, 0.1) is 11.9 Å². The highest BCUT2D eigenvalue weighted by Gasteiger charge is 2.12. The Kier molecular flexibility index (Phi) is 4.12. The van der Waals surface area contributed by atoms with Gasteiger partial charge in [-0.05, 0) is 11.6 Å². The summed E-state index contributed by atoms with van der Waals surface area (Å²) in [6, 6.07) is 7.55. The number of halogens is 2. The molecule has 2 aromatic rings. The molecule has 0 aliphatic carbocycles. The number of aryl methyl sites for hydroxylation is 1. The molecule has 6 heteroatoms. The number of hydrogen-bond acceptors (Lipinski definition) is 3. The van der Waals surface area contributed by atoms with Crippen molar-refractivity contribution in [2.24, 2.45) is 7.05 Å². The third-order valence-corrected chi connectivity index (χ3v) is 3.56. The van der Waals surface area contributed by atoms with E-state index in [2.05, 4.69) is 5.10 Å². The summed E-state index contributed by atoms with van der Waals surface area (Å²) in [6.45, 7) is 0.550. The highest BCUT2D eigenvalue weighted by atomic mass is 35.5. The summed E-state index contributed by atoms with van der Waals surface area (Å²) < 4.78 is 1.20. The van der Waals surface area contributed by atoms with E-state index < -0.39 is 0 Å². The first-order chi connectivity index (χ1) is 9.00. The van der Waals surface area contributed by atoms with E-state index in [1.54, 1.807) is 13.2 Å². The third-order valence-electron chi connectivity index (χ3n) is 2.84. The minimum atomic E-state index is -0.315. The lowest BCUT2D eigenvalue weighted by Crippen LogP contribution is -2.25. The second-order valence-electron chi connectivity index (χ2n) is 4.22. The normalized spacial score (nSPS) is 10.5. The van der Waals surface area contributed by atoms with Crippen LogP contribution in [0.4, 0.5) is 5.69 Å². The van der Waals surface area contributed by atoms with Gasteiger partial charge in [0.25, 0.3) is 5.56 Å². The molecule has 2 rings (SSSR count). The summed E-state index contributed by atoms with van der Waals surface area (Å²) in [4.78, 5) is 13.6. The van der Waals surface area contributed by atoms with Crippen LogP contribution in [0.3, 0.4) is 0 Å². The predicted molar refractivity (Wildman–Crippen MR) is 78.0 cm³/mol. The second-order valence-corrected chi connectivity index (χ2v) is 5.01. The summed E-state index contributed by atoms with van der Waals surface area (Å²) in [5, 5.41) is 4.81. The fourth-order valence-corrected chi connectivity index (χ4v) is 2.25. The quantitative estimate of drug-likeness (QED) is 0.874. The van der Waals surface area contributed by atoms with Gasteiger partial charge in [0.1, 0.15) is 5.02 Å². The van der Waals surface area contributed by atoms with E-state index in [-0.39, 0.29) is 10.6 Å². The zero-order valence-corrected chi connectivity index (χ0v) is 12.1. The molecular formula is C13H13Cl2N3O. The standard InChI is InChI=1S/C13H13Cl2N3O/c1-17(8-9-5-3-4-6-10(9)14)11-7-16-18(2)13(19)12(11)15/h3-7H,8H2,1-2H3. The largest absolute Gasteiger partial charge is 0.368 e. The average molecular weight is 298 g/mol. The lowest BCUT2D eigenvalue weighted by Gasteiger charge is -2.20. The van der Waals surface area contributed by atoms with Crippen LogP contribution in [0.15, 0.2) is 35.3 Å². The van der Waals surface area contributed by atoms with E-state index in [9.17, 15) is 4.79 Å². The Morgan fingerprint density at radius 2 is 2.00 bits per heavy atom. The van der Waals surface area contributed by atoms with E-state index in [4.69, 9.17) is 23.2 Å². The molecule has 0 amide bonds. The SMILES string of the molecule is CN(Cc1ccccc1Cl)c1cnn(C)c(=O)c1Cl. The molecule has 0 unspecified atom stereocenters. The Morgan fingerprint density at radius 1 is 1.32 bits per heavy atom. The Bertz CT molecular complexity index is 655. The van der Waals surface area contributed by atoms with Crippen molar-refractivity contribution in [1.82, 2.24) is 9.78 Å². The summed E-state index contributed by atoms with van der Waals surface area (Å²) >= 11 is 12.2. The van der Waals surface area contributed by atoms with Gasteiger partial charge in [0.15, 0.2) is 0 Å². The molecule has 1 aromatic heterocycles. The fourth-order valence-electron chi connectivity index (χ4n) is 1.74. The third kappa shape index (κ3) is 2.91. The monoisotopic (exact) mass is 297 g/mol. The van der Waals surface area contributed by atoms with E-state index in [1.165, 1.54) is 4.68 Å². The fraction of sp³-hybridized carbons (Fsp3) is 0.231. The number of hydrogen-bond donors (Lipinski definition) is 0. The molecule has 0 atom stereocenters. The maximum atomic E-state index is 11.7. The van der Waals surface area contributed by atoms with Crippen LogP contribution in [-0.2, 0) is 13.6 Å². The van der Waals surface area contributed by atoms with Crippen molar-refractivity contribution >= 4 is 28.9 Å². The molecule has 0 saturated carbocycles. The Labute approximate surface area is 121 Å². The summed E-state index contributed by atoms with van der Waals surface area (Å²) in [7, 11) is 3.40. The molecule has 4 nitrogen and oxygen atoms in total. The molecule has 1 aromatic carbocycles. The smallest absolute Gasteiger partial charge is 0.287 e. The van der Waals surface area contributed by atoms with Gasteiger partial charge < -0.3 is 4.90 Å². The minimum absolute atomic E-state index is 0.159. The van der Waals surface area contributed by atoms with Crippen LogP contribution >= 0.6 is 23.2 Å². The van der Waals surface area contributed by atoms with E-state index in [0.717, 1.165) is 5.56 Å². The molecule has 0 N–H and O–H groups in total. The number of benzene rings is 1. The zero-order valence-electron chi connectivity index (χ0n) is 10.6. The van der Waals surface area contributed by atoms with E-state index in [1.807, 2.05) is 36.2 Å². The molecule has 0 saturated heterocycles. The summed E-state index contributed by atoms with van der Waals surface area (Å²) in [6.07, 6.45) is 1.57. The summed E-state index contributed by atoms with van der Waals surface area (Å²) in [5.41, 5.74) is 1.23. The van der Waals surface area contributed by atoms with Gasteiger partial charge in [-0.2, -0.15) is 5.10 Å². The van der Waals surface area contributed by atoms with Gasteiger partial charge >= 0.3 is 0 Å². The zero-order chi connectivity index (χ0) is 14.0. The number of nitrogens with zero attached hydrogens (tertiary/aromatic N) is 3. The van der Waals surface area contributed by atoms with Crippen LogP contribution in [0, 0.1) is 0 Å². The topological polar surface area (TPSA) is 38.1 Å². The Morgan fingerprint density at radius 3 is 2.68 bits per heavy atom. The van der Waals surface area contributed by atoms with Crippen molar-refractivity contribution in [2.75, 3.05) is 11.9 Å². The lowest BCUT2D eigenvalue weighted by molar-refractivity contribution is 0.703. The van der Waals surface area contributed by atoms with Crippen molar-refractivity contribution in [3.63, 3.8) is 0 Å². The van der Waals surface area contributed by atoms with E-state index in [0.29, 0.717) is 17.3 Å². The maximum Gasteiger partial charge on any atom is 0.287 e. The molecule has 0 fully saturated rings. The molecule has 0 bridgehead atoms. The van der Waals surface area contributed by atoms with Crippen molar-refractivity contribution in [3.8, 4) is 0 Å². The first kappa shape index (κ1) is 13.9. The van der Waals surface area contributed by atoms with Gasteiger partial charge in [-0.3, -0.25) is 4.79 Å². The molecule has 0 aliphatic heterocycles. The van der Waals surface area contributed by atoms with Crippen LogP contribution < -0.4 is 10.5 Å². The van der Waals surface area contributed by atoms with Crippen molar-refractivity contribution < 1.29 is 0 Å². The Hall–Kier alpha value is -1.52. The molecular weight excluding hydrogens is 285 g/mol. The van der Waals surface area contributed by atoms with Crippen LogP contribution in [0.5, 0.6) is 0 Å². The molecule has 100 valence electrons. The maximum absolute atomic E-state index is 11.7.